The van der Waals surface area contributed by atoms with Gasteiger partial charge in [-0.1, -0.05) is 18.2 Å². The second-order valence-electron chi connectivity index (χ2n) is 4.41. The van der Waals surface area contributed by atoms with E-state index in [0.717, 1.165) is 18.7 Å². The summed E-state index contributed by atoms with van der Waals surface area (Å²) in [6, 6.07) is 7.44. The number of rotatable bonds is 3. The molecule has 1 saturated heterocycles. The van der Waals surface area contributed by atoms with E-state index >= 15 is 0 Å². The van der Waals surface area contributed by atoms with Crippen molar-refractivity contribution in [2.24, 2.45) is 0 Å². The first-order valence-corrected chi connectivity index (χ1v) is 7.42. The van der Waals surface area contributed by atoms with Crippen LogP contribution in [0, 0.1) is 6.92 Å². The van der Waals surface area contributed by atoms with Crippen LogP contribution in [0.2, 0.25) is 0 Å². The van der Waals surface area contributed by atoms with Crippen LogP contribution in [0.3, 0.4) is 0 Å². The highest BCUT2D eigenvalue weighted by Crippen LogP contribution is 2.20. The third-order valence-electron chi connectivity index (χ3n) is 3.12. The molecule has 0 radical (unpaired) electrons. The maximum Gasteiger partial charge on any atom is 0.235 e. The molecule has 2 N–H and O–H groups in total. The molecular weight excluding hydrogens is 236 g/mol. The van der Waals surface area contributed by atoms with Crippen LogP contribution in [0.15, 0.2) is 24.3 Å². The lowest BCUT2D eigenvalue weighted by Gasteiger charge is -2.23. The standard InChI is InChI=1S/C12H18N2O2S/c1-10-4-2-3-5-12(10)14-17(15,16)11-6-8-13-9-7-11/h2-5,11,13-14H,6-9H2,1H3. The number of para-hydroxylation sites is 1. The molecule has 94 valence electrons. The highest BCUT2D eigenvalue weighted by Gasteiger charge is 2.27. The van der Waals surface area contributed by atoms with Gasteiger partial charge in [0.25, 0.3) is 0 Å². The van der Waals surface area contributed by atoms with Crippen LogP contribution in [-0.4, -0.2) is 26.8 Å². The van der Waals surface area contributed by atoms with Gasteiger partial charge in [-0.2, -0.15) is 0 Å². The first-order valence-electron chi connectivity index (χ1n) is 5.87. The maximum atomic E-state index is 12.2. The van der Waals surface area contributed by atoms with E-state index in [0.29, 0.717) is 18.5 Å². The number of anilines is 1. The molecule has 0 aliphatic carbocycles. The predicted octanol–water partition coefficient (Wildman–Crippen LogP) is 1.49. The average Bonchev–Trinajstić information content (AvgIpc) is 2.33. The van der Waals surface area contributed by atoms with Gasteiger partial charge >= 0.3 is 0 Å². The summed E-state index contributed by atoms with van der Waals surface area (Å²) in [4.78, 5) is 0. The molecule has 0 saturated carbocycles. The van der Waals surface area contributed by atoms with Crippen molar-refractivity contribution in [1.29, 1.82) is 0 Å². The number of piperidine rings is 1. The minimum Gasteiger partial charge on any atom is -0.317 e. The molecule has 5 heteroatoms. The normalized spacial score (nSPS) is 17.9. The third-order valence-corrected chi connectivity index (χ3v) is 4.98. The van der Waals surface area contributed by atoms with Gasteiger partial charge in [0.15, 0.2) is 0 Å². The largest absolute Gasteiger partial charge is 0.317 e. The summed E-state index contributed by atoms with van der Waals surface area (Å²) in [6.45, 7) is 3.46. The van der Waals surface area contributed by atoms with Crippen LogP contribution in [-0.2, 0) is 10.0 Å². The number of sulfonamides is 1. The Balaban J connectivity index is 2.14. The number of hydrogen-bond donors (Lipinski definition) is 2. The molecule has 1 aromatic carbocycles. The van der Waals surface area contributed by atoms with E-state index in [-0.39, 0.29) is 5.25 Å². The molecule has 0 spiro atoms. The molecule has 1 aliphatic heterocycles. The Morgan fingerprint density at radius 2 is 1.88 bits per heavy atom. The van der Waals surface area contributed by atoms with E-state index in [9.17, 15) is 8.42 Å². The summed E-state index contributed by atoms with van der Waals surface area (Å²) < 4.78 is 27.0. The zero-order valence-electron chi connectivity index (χ0n) is 9.94. The van der Waals surface area contributed by atoms with Crippen LogP contribution in [0.25, 0.3) is 0 Å². The van der Waals surface area contributed by atoms with Crippen molar-refractivity contribution in [2.45, 2.75) is 25.0 Å². The fourth-order valence-corrected chi connectivity index (χ4v) is 3.59. The quantitative estimate of drug-likeness (QED) is 0.859. The van der Waals surface area contributed by atoms with Crippen LogP contribution >= 0.6 is 0 Å². The SMILES string of the molecule is Cc1ccccc1NS(=O)(=O)C1CCNCC1. The van der Waals surface area contributed by atoms with Crippen molar-refractivity contribution in [3.8, 4) is 0 Å². The topological polar surface area (TPSA) is 58.2 Å². The van der Waals surface area contributed by atoms with Crippen molar-refractivity contribution in [2.75, 3.05) is 17.8 Å². The lowest BCUT2D eigenvalue weighted by atomic mass is 10.2. The summed E-state index contributed by atoms with van der Waals surface area (Å²) in [5, 5.41) is 2.90. The van der Waals surface area contributed by atoms with Gasteiger partial charge in [0.05, 0.1) is 10.9 Å². The van der Waals surface area contributed by atoms with E-state index < -0.39 is 10.0 Å². The van der Waals surface area contributed by atoms with Gasteiger partial charge in [0.1, 0.15) is 0 Å². The van der Waals surface area contributed by atoms with E-state index in [1.54, 1.807) is 6.07 Å². The third kappa shape index (κ3) is 2.98. The summed E-state index contributed by atoms with van der Waals surface area (Å²) in [6.07, 6.45) is 1.36. The van der Waals surface area contributed by atoms with E-state index in [1.807, 2.05) is 25.1 Å². The van der Waals surface area contributed by atoms with E-state index in [2.05, 4.69) is 10.0 Å². The fourth-order valence-electron chi connectivity index (χ4n) is 2.03. The Morgan fingerprint density at radius 1 is 1.24 bits per heavy atom. The molecule has 1 fully saturated rings. The number of hydrogen-bond acceptors (Lipinski definition) is 3. The number of nitrogens with one attached hydrogen (secondary N) is 2. The monoisotopic (exact) mass is 254 g/mol. The van der Waals surface area contributed by atoms with E-state index in [4.69, 9.17) is 0 Å². The van der Waals surface area contributed by atoms with Gasteiger partial charge in [0, 0.05) is 0 Å². The average molecular weight is 254 g/mol. The molecule has 2 rings (SSSR count). The minimum absolute atomic E-state index is 0.275. The van der Waals surface area contributed by atoms with Crippen molar-refractivity contribution in [3.05, 3.63) is 29.8 Å². The van der Waals surface area contributed by atoms with Crippen molar-refractivity contribution in [3.63, 3.8) is 0 Å². The molecule has 0 atom stereocenters. The lowest BCUT2D eigenvalue weighted by Crippen LogP contribution is -2.38. The van der Waals surface area contributed by atoms with Crippen LogP contribution in [0.4, 0.5) is 5.69 Å². The Kier molecular flexibility index (Phi) is 3.69. The van der Waals surface area contributed by atoms with Gasteiger partial charge in [-0.25, -0.2) is 8.42 Å². The van der Waals surface area contributed by atoms with Crippen LogP contribution in [0.5, 0.6) is 0 Å². The zero-order chi connectivity index (χ0) is 12.3. The zero-order valence-corrected chi connectivity index (χ0v) is 10.8. The molecule has 0 aromatic heterocycles. The molecule has 0 amide bonds. The molecule has 1 heterocycles. The second kappa shape index (κ2) is 5.06. The minimum atomic E-state index is -3.25. The van der Waals surface area contributed by atoms with Gasteiger partial charge in [0.2, 0.25) is 10.0 Å². The summed E-state index contributed by atoms with van der Waals surface area (Å²) in [7, 11) is -3.25. The number of aryl methyl sites for hydroxylation is 1. The van der Waals surface area contributed by atoms with Crippen molar-refractivity contribution >= 4 is 15.7 Å². The smallest absolute Gasteiger partial charge is 0.235 e. The Bertz CT molecular complexity index is 479. The van der Waals surface area contributed by atoms with Crippen molar-refractivity contribution in [1.82, 2.24) is 5.32 Å². The van der Waals surface area contributed by atoms with Gasteiger partial charge in [-0.05, 0) is 44.5 Å². The maximum absolute atomic E-state index is 12.2. The van der Waals surface area contributed by atoms with Gasteiger partial charge in [-0.3, -0.25) is 4.72 Å². The second-order valence-corrected chi connectivity index (χ2v) is 6.37. The fraction of sp³-hybridized carbons (Fsp3) is 0.500. The molecule has 1 aliphatic rings. The van der Waals surface area contributed by atoms with Crippen LogP contribution in [0.1, 0.15) is 18.4 Å². The Hall–Kier alpha value is -1.07. The first-order chi connectivity index (χ1) is 8.09. The van der Waals surface area contributed by atoms with Crippen LogP contribution < -0.4 is 10.0 Å². The number of benzene rings is 1. The van der Waals surface area contributed by atoms with Gasteiger partial charge in [-0.15, -0.1) is 0 Å². The Labute approximate surface area is 102 Å². The molecule has 0 unspecified atom stereocenters. The Morgan fingerprint density at radius 3 is 2.53 bits per heavy atom. The van der Waals surface area contributed by atoms with E-state index in [1.165, 1.54) is 0 Å². The molecule has 0 bridgehead atoms. The summed E-state index contributed by atoms with van der Waals surface area (Å²) in [5.41, 5.74) is 1.64. The molecule has 4 nitrogen and oxygen atoms in total. The lowest BCUT2D eigenvalue weighted by molar-refractivity contribution is 0.499. The first kappa shape index (κ1) is 12.4. The molecule has 1 aromatic rings. The van der Waals surface area contributed by atoms with Gasteiger partial charge < -0.3 is 5.32 Å². The molecular formula is C12H18N2O2S. The summed E-state index contributed by atoms with van der Waals surface area (Å²) in [5.74, 6) is 0. The summed E-state index contributed by atoms with van der Waals surface area (Å²) >= 11 is 0. The van der Waals surface area contributed by atoms with Crippen molar-refractivity contribution < 1.29 is 8.42 Å². The predicted molar refractivity (Wildman–Crippen MR) is 69.6 cm³/mol. The highest BCUT2D eigenvalue weighted by molar-refractivity contribution is 7.93. The highest BCUT2D eigenvalue weighted by atomic mass is 32.2. The molecule has 17 heavy (non-hydrogen) atoms.